The first-order chi connectivity index (χ1) is 10.5. The van der Waals surface area contributed by atoms with Crippen molar-refractivity contribution < 1.29 is 9.59 Å². The van der Waals surface area contributed by atoms with Gasteiger partial charge in [0.25, 0.3) is 11.8 Å². The number of hydrogen-bond acceptors (Lipinski definition) is 4. The maximum Gasteiger partial charge on any atom is 0.261 e. The van der Waals surface area contributed by atoms with Crippen LogP contribution in [-0.4, -0.2) is 45.5 Å². The molecule has 3 heterocycles. The third kappa shape index (κ3) is 1.93. The van der Waals surface area contributed by atoms with E-state index in [1.165, 1.54) is 21.6 Å². The third-order valence-electron chi connectivity index (χ3n) is 4.39. The molecule has 2 atom stereocenters. The summed E-state index contributed by atoms with van der Waals surface area (Å²) < 4.78 is 0. The van der Waals surface area contributed by atoms with E-state index >= 15 is 0 Å². The highest BCUT2D eigenvalue weighted by Gasteiger charge is 2.66. The molecule has 3 fully saturated rings. The SMILES string of the molecule is C=CCC12SSC(Cc3ccccc3)(C(=O)N1C)N(C)C2=O. The molecule has 116 valence electrons. The lowest BCUT2D eigenvalue weighted by Gasteiger charge is -2.59. The Kier molecular flexibility index (Phi) is 3.77. The lowest BCUT2D eigenvalue weighted by Crippen LogP contribution is -2.76. The molecule has 4 rings (SSSR count). The highest BCUT2D eigenvalue weighted by Crippen LogP contribution is 2.60. The van der Waals surface area contributed by atoms with Gasteiger partial charge < -0.3 is 9.80 Å². The van der Waals surface area contributed by atoms with E-state index in [4.69, 9.17) is 0 Å². The maximum absolute atomic E-state index is 13.0. The van der Waals surface area contributed by atoms with E-state index < -0.39 is 9.74 Å². The van der Waals surface area contributed by atoms with E-state index in [-0.39, 0.29) is 11.8 Å². The average Bonchev–Trinajstić information content (AvgIpc) is 2.53. The van der Waals surface area contributed by atoms with Crippen LogP contribution in [0.2, 0.25) is 0 Å². The van der Waals surface area contributed by atoms with Crippen LogP contribution in [0.3, 0.4) is 0 Å². The second-order valence-corrected chi connectivity index (χ2v) is 8.30. The number of carbonyl (C=O) groups is 2. The fourth-order valence-electron chi connectivity index (χ4n) is 3.01. The van der Waals surface area contributed by atoms with Crippen molar-refractivity contribution in [2.24, 2.45) is 0 Å². The Morgan fingerprint density at radius 2 is 1.59 bits per heavy atom. The largest absolute Gasteiger partial charge is 0.319 e. The highest BCUT2D eigenvalue weighted by molar-refractivity contribution is 8.78. The Labute approximate surface area is 138 Å². The van der Waals surface area contributed by atoms with Crippen molar-refractivity contribution in [3.8, 4) is 0 Å². The molecule has 2 unspecified atom stereocenters. The third-order valence-corrected chi connectivity index (χ3v) is 8.13. The molecule has 0 spiro atoms. The molecule has 0 radical (unpaired) electrons. The Bertz CT molecular complexity index is 636. The van der Waals surface area contributed by atoms with Gasteiger partial charge in [0.2, 0.25) is 0 Å². The minimum atomic E-state index is -0.860. The van der Waals surface area contributed by atoms with Gasteiger partial charge in [0.15, 0.2) is 9.74 Å². The Morgan fingerprint density at radius 3 is 2.23 bits per heavy atom. The van der Waals surface area contributed by atoms with Crippen LogP contribution in [0.1, 0.15) is 12.0 Å². The monoisotopic (exact) mass is 334 g/mol. The topological polar surface area (TPSA) is 40.6 Å². The van der Waals surface area contributed by atoms with Crippen molar-refractivity contribution >= 4 is 33.4 Å². The maximum atomic E-state index is 13.0. The number of likely N-dealkylation sites (N-methyl/N-ethyl adjacent to an activating group) is 2. The normalized spacial score (nSPS) is 30.8. The van der Waals surface area contributed by atoms with Crippen LogP contribution in [0.15, 0.2) is 43.0 Å². The number of amides is 2. The van der Waals surface area contributed by atoms with Gasteiger partial charge in [-0.15, -0.1) is 6.58 Å². The smallest absolute Gasteiger partial charge is 0.261 e. The zero-order valence-corrected chi connectivity index (χ0v) is 14.2. The van der Waals surface area contributed by atoms with Gasteiger partial charge in [0.1, 0.15) is 0 Å². The Morgan fingerprint density at radius 1 is 1.05 bits per heavy atom. The van der Waals surface area contributed by atoms with Crippen molar-refractivity contribution in [3.05, 3.63) is 48.6 Å². The first-order valence-corrected chi connectivity index (χ1v) is 9.21. The van der Waals surface area contributed by atoms with Crippen molar-refractivity contribution in [2.75, 3.05) is 14.1 Å². The molecular weight excluding hydrogens is 316 g/mol. The first kappa shape index (κ1) is 15.5. The van der Waals surface area contributed by atoms with Crippen molar-refractivity contribution in [1.82, 2.24) is 9.80 Å². The highest BCUT2D eigenvalue weighted by atomic mass is 33.1. The lowest BCUT2D eigenvalue weighted by atomic mass is 9.96. The minimum absolute atomic E-state index is 0.0101. The van der Waals surface area contributed by atoms with E-state index in [1.807, 2.05) is 30.3 Å². The molecule has 2 bridgehead atoms. The minimum Gasteiger partial charge on any atom is -0.319 e. The molecule has 1 aromatic carbocycles. The van der Waals surface area contributed by atoms with E-state index in [0.717, 1.165) is 5.56 Å². The molecule has 2 amide bonds. The zero-order valence-electron chi connectivity index (χ0n) is 12.6. The van der Waals surface area contributed by atoms with Crippen LogP contribution < -0.4 is 0 Å². The molecule has 0 N–H and O–H groups in total. The fraction of sp³-hybridized carbons (Fsp3) is 0.375. The van der Waals surface area contributed by atoms with E-state index in [0.29, 0.717) is 12.8 Å². The van der Waals surface area contributed by atoms with E-state index in [2.05, 4.69) is 6.58 Å². The number of rotatable bonds is 4. The summed E-state index contributed by atoms with van der Waals surface area (Å²) in [6.07, 6.45) is 2.68. The summed E-state index contributed by atoms with van der Waals surface area (Å²) in [4.78, 5) is 27.4. The number of fused-ring (bicyclic) bond motifs is 3. The van der Waals surface area contributed by atoms with Crippen LogP contribution in [-0.2, 0) is 16.0 Å². The van der Waals surface area contributed by atoms with Crippen molar-refractivity contribution in [3.63, 3.8) is 0 Å². The van der Waals surface area contributed by atoms with Crippen LogP contribution in [0.4, 0.5) is 0 Å². The van der Waals surface area contributed by atoms with Gasteiger partial charge in [-0.05, 0) is 5.56 Å². The second kappa shape index (κ2) is 5.35. The van der Waals surface area contributed by atoms with Crippen LogP contribution in [0.5, 0.6) is 0 Å². The number of piperazine rings is 1. The summed E-state index contributed by atoms with van der Waals surface area (Å²) in [5.74, 6) is -0.0294. The molecule has 0 aliphatic carbocycles. The molecule has 4 nitrogen and oxygen atoms in total. The average molecular weight is 334 g/mol. The molecule has 22 heavy (non-hydrogen) atoms. The summed E-state index contributed by atoms with van der Waals surface area (Å²) >= 11 is 0. The van der Waals surface area contributed by atoms with E-state index in [9.17, 15) is 9.59 Å². The van der Waals surface area contributed by atoms with Crippen LogP contribution >= 0.6 is 21.6 Å². The summed E-state index contributed by atoms with van der Waals surface area (Å²) in [6.45, 7) is 3.74. The number of nitrogens with zero attached hydrogens (tertiary/aromatic N) is 2. The predicted molar refractivity (Wildman–Crippen MR) is 91.1 cm³/mol. The predicted octanol–water partition coefficient (Wildman–Crippen LogP) is 2.52. The summed E-state index contributed by atoms with van der Waals surface area (Å²) in [6, 6.07) is 9.83. The van der Waals surface area contributed by atoms with Crippen molar-refractivity contribution in [2.45, 2.75) is 22.6 Å². The molecule has 3 saturated heterocycles. The van der Waals surface area contributed by atoms with Gasteiger partial charge in [0.05, 0.1) is 0 Å². The Balaban J connectivity index is 2.02. The summed E-state index contributed by atoms with van der Waals surface area (Å²) in [5.41, 5.74) is 1.05. The fourth-order valence-corrected chi connectivity index (χ4v) is 6.81. The van der Waals surface area contributed by atoms with E-state index in [1.54, 1.807) is 30.0 Å². The van der Waals surface area contributed by atoms with Gasteiger partial charge in [0, 0.05) is 26.9 Å². The molecule has 3 aliphatic rings. The quantitative estimate of drug-likeness (QED) is 0.627. The van der Waals surface area contributed by atoms with Crippen LogP contribution in [0.25, 0.3) is 0 Å². The van der Waals surface area contributed by atoms with Gasteiger partial charge in [-0.2, -0.15) is 0 Å². The van der Waals surface area contributed by atoms with Gasteiger partial charge in [-0.3, -0.25) is 9.59 Å². The van der Waals surface area contributed by atoms with Crippen molar-refractivity contribution in [1.29, 1.82) is 0 Å². The number of hydrogen-bond donors (Lipinski definition) is 0. The summed E-state index contributed by atoms with van der Waals surface area (Å²) in [7, 11) is 6.45. The molecule has 6 heteroatoms. The molecule has 0 aromatic heterocycles. The molecule has 0 saturated carbocycles. The Hall–Kier alpha value is -1.40. The number of carbonyl (C=O) groups excluding carboxylic acids is 2. The number of benzene rings is 1. The molecule has 1 aromatic rings. The lowest BCUT2D eigenvalue weighted by molar-refractivity contribution is -0.163. The van der Waals surface area contributed by atoms with Gasteiger partial charge in [-0.1, -0.05) is 58.0 Å². The van der Waals surface area contributed by atoms with Gasteiger partial charge >= 0.3 is 0 Å². The molecular formula is C16H18N2O2S2. The zero-order chi connectivity index (χ0) is 16.0. The standard InChI is InChI=1S/C16H18N2O2S2/c1-4-10-15-13(19)18(3)16(22-21-15,14(20)17(15)2)11-12-8-6-5-7-9-12/h4-9H,1,10-11H2,2-3H3. The molecule has 3 aliphatic heterocycles. The first-order valence-electron chi connectivity index (χ1n) is 7.06. The second-order valence-electron chi connectivity index (χ2n) is 5.62. The van der Waals surface area contributed by atoms with Gasteiger partial charge in [-0.25, -0.2) is 0 Å². The van der Waals surface area contributed by atoms with Crippen LogP contribution in [0, 0.1) is 0 Å². The summed E-state index contributed by atoms with van der Waals surface area (Å²) in [5, 5.41) is 0.